The van der Waals surface area contributed by atoms with Gasteiger partial charge in [-0.25, -0.2) is 4.98 Å². The Bertz CT molecular complexity index is 789. The number of carbonyl (C=O) groups excluding carboxylic acids is 1. The standard InChI is InChI=1S/C17H21N3O4/c21-9-11-7-12(8-15(11)22)19-16(23)5-6-20-10-18-14-4-2-1-3-13(14)17(20)24/h1-4,10-12,15,21-22H,5-9H2,(H,19,23)/t11-,12-,15-/m1/s1. The third kappa shape index (κ3) is 3.47. The van der Waals surface area contributed by atoms with Crippen LogP contribution in [-0.4, -0.2) is 44.4 Å². The van der Waals surface area contributed by atoms with E-state index in [4.69, 9.17) is 5.11 Å². The summed E-state index contributed by atoms with van der Waals surface area (Å²) in [4.78, 5) is 28.6. The summed E-state index contributed by atoms with van der Waals surface area (Å²) in [7, 11) is 0. The van der Waals surface area contributed by atoms with Crippen molar-refractivity contribution in [2.75, 3.05) is 6.61 Å². The van der Waals surface area contributed by atoms with Crippen molar-refractivity contribution >= 4 is 16.8 Å². The van der Waals surface area contributed by atoms with E-state index in [1.165, 1.54) is 10.9 Å². The van der Waals surface area contributed by atoms with Crippen LogP contribution < -0.4 is 10.9 Å². The van der Waals surface area contributed by atoms with E-state index in [-0.39, 0.29) is 43.0 Å². The van der Waals surface area contributed by atoms with E-state index in [0.29, 0.717) is 23.7 Å². The molecule has 1 aromatic heterocycles. The van der Waals surface area contributed by atoms with Crippen molar-refractivity contribution in [3.63, 3.8) is 0 Å². The van der Waals surface area contributed by atoms with Gasteiger partial charge in [-0.3, -0.25) is 14.2 Å². The molecule has 7 heteroatoms. The van der Waals surface area contributed by atoms with Crippen LogP contribution >= 0.6 is 0 Å². The molecule has 7 nitrogen and oxygen atoms in total. The number of aryl methyl sites for hydroxylation is 1. The Hall–Kier alpha value is -2.25. The van der Waals surface area contributed by atoms with Gasteiger partial charge >= 0.3 is 0 Å². The second-order valence-electron chi connectivity index (χ2n) is 6.26. The highest BCUT2D eigenvalue weighted by Crippen LogP contribution is 2.25. The van der Waals surface area contributed by atoms with Gasteiger partial charge in [0.25, 0.3) is 5.56 Å². The van der Waals surface area contributed by atoms with Crippen LogP contribution in [0.15, 0.2) is 35.4 Å². The van der Waals surface area contributed by atoms with E-state index in [0.717, 1.165) is 0 Å². The van der Waals surface area contributed by atoms with Gasteiger partial charge in [0.2, 0.25) is 5.91 Å². The predicted octanol–water partition coefficient (Wildman–Crippen LogP) is 0.0346. The molecular formula is C17H21N3O4. The summed E-state index contributed by atoms with van der Waals surface area (Å²) in [6.45, 7) is 0.174. The van der Waals surface area contributed by atoms with Crippen molar-refractivity contribution in [3.8, 4) is 0 Å². The fraction of sp³-hybridized carbons (Fsp3) is 0.471. The van der Waals surface area contributed by atoms with Crippen LogP contribution in [0.25, 0.3) is 10.9 Å². The number of fused-ring (bicyclic) bond motifs is 1. The Morgan fingerprint density at radius 2 is 2.12 bits per heavy atom. The minimum atomic E-state index is -0.576. The number of para-hydroxylation sites is 1. The van der Waals surface area contributed by atoms with Gasteiger partial charge < -0.3 is 15.5 Å². The minimum absolute atomic E-state index is 0.0777. The fourth-order valence-corrected chi connectivity index (χ4v) is 3.20. The zero-order chi connectivity index (χ0) is 17.1. The predicted molar refractivity (Wildman–Crippen MR) is 88.4 cm³/mol. The molecular weight excluding hydrogens is 310 g/mol. The van der Waals surface area contributed by atoms with Crippen LogP contribution in [0.3, 0.4) is 0 Å². The van der Waals surface area contributed by atoms with E-state index < -0.39 is 6.10 Å². The van der Waals surface area contributed by atoms with E-state index >= 15 is 0 Å². The summed E-state index contributed by atoms with van der Waals surface area (Å²) in [6.07, 6.45) is 2.07. The van der Waals surface area contributed by atoms with E-state index in [2.05, 4.69) is 10.3 Å². The first-order valence-electron chi connectivity index (χ1n) is 8.11. The van der Waals surface area contributed by atoms with Crippen molar-refractivity contribution < 1.29 is 15.0 Å². The molecule has 0 saturated heterocycles. The van der Waals surface area contributed by atoms with Crippen LogP contribution in [0.1, 0.15) is 19.3 Å². The van der Waals surface area contributed by atoms with Gasteiger partial charge in [0, 0.05) is 31.5 Å². The number of aliphatic hydroxyl groups is 2. The molecule has 3 rings (SSSR count). The van der Waals surface area contributed by atoms with Crippen LogP contribution in [0.4, 0.5) is 0 Å². The number of hydrogen-bond acceptors (Lipinski definition) is 5. The molecule has 128 valence electrons. The number of nitrogens with one attached hydrogen (secondary N) is 1. The van der Waals surface area contributed by atoms with Crippen LogP contribution in [0.5, 0.6) is 0 Å². The molecule has 1 amide bonds. The second-order valence-corrected chi connectivity index (χ2v) is 6.26. The van der Waals surface area contributed by atoms with Crippen molar-refractivity contribution in [1.29, 1.82) is 0 Å². The minimum Gasteiger partial charge on any atom is -0.396 e. The summed E-state index contributed by atoms with van der Waals surface area (Å²) in [6, 6.07) is 6.97. The molecule has 24 heavy (non-hydrogen) atoms. The Kier molecular flexibility index (Phi) is 4.92. The molecule has 0 radical (unpaired) electrons. The normalized spacial score (nSPS) is 23.5. The van der Waals surface area contributed by atoms with Crippen molar-refractivity contribution in [2.24, 2.45) is 5.92 Å². The Morgan fingerprint density at radius 1 is 1.33 bits per heavy atom. The summed E-state index contributed by atoms with van der Waals surface area (Å²) >= 11 is 0. The first-order chi connectivity index (χ1) is 11.6. The molecule has 3 N–H and O–H groups in total. The summed E-state index contributed by atoms with van der Waals surface area (Å²) in [5.41, 5.74) is 0.475. The summed E-state index contributed by atoms with van der Waals surface area (Å²) in [5, 5.41) is 22.3. The van der Waals surface area contributed by atoms with E-state index in [1.54, 1.807) is 18.2 Å². The molecule has 1 aromatic carbocycles. The Morgan fingerprint density at radius 3 is 2.88 bits per heavy atom. The zero-order valence-electron chi connectivity index (χ0n) is 13.3. The molecule has 1 fully saturated rings. The third-order valence-corrected chi connectivity index (χ3v) is 4.57. The number of nitrogens with zero attached hydrogens (tertiary/aromatic N) is 2. The fourth-order valence-electron chi connectivity index (χ4n) is 3.20. The first kappa shape index (κ1) is 16.6. The number of aromatic nitrogens is 2. The van der Waals surface area contributed by atoms with Gasteiger partial charge in [0.05, 0.1) is 23.3 Å². The van der Waals surface area contributed by atoms with Crippen molar-refractivity contribution in [2.45, 2.75) is 38.0 Å². The first-order valence-corrected chi connectivity index (χ1v) is 8.11. The van der Waals surface area contributed by atoms with Crippen molar-refractivity contribution in [1.82, 2.24) is 14.9 Å². The maximum atomic E-state index is 12.3. The molecule has 0 unspecified atom stereocenters. The molecule has 1 saturated carbocycles. The van der Waals surface area contributed by atoms with E-state index in [9.17, 15) is 14.7 Å². The van der Waals surface area contributed by atoms with E-state index in [1.807, 2.05) is 6.07 Å². The van der Waals surface area contributed by atoms with Gasteiger partial charge in [-0.2, -0.15) is 0 Å². The molecule has 3 atom stereocenters. The van der Waals surface area contributed by atoms with Crippen LogP contribution in [0.2, 0.25) is 0 Å². The zero-order valence-corrected chi connectivity index (χ0v) is 13.3. The average Bonchev–Trinajstić information content (AvgIpc) is 2.94. The average molecular weight is 331 g/mol. The smallest absolute Gasteiger partial charge is 0.261 e. The number of rotatable bonds is 5. The lowest BCUT2D eigenvalue weighted by molar-refractivity contribution is -0.122. The second kappa shape index (κ2) is 7.11. The Labute approximate surface area is 139 Å². The lowest BCUT2D eigenvalue weighted by atomic mass is 10.1. The third-order valence-electron chi connectivity index (χ3n) is 4.57. The number of carbonyl (C=O) groups is 1. The molecule has 0 bridgehead atoms. The number of hydrogen-bond donors (Lipinski definition) is 3. The topological polar surface area (TPSA) is 104 Å². The maximum Gasteiger partial charge on any atom is 0.261 e. The summed E-state index contributed by atoms with van der Waals surface area (Å²) in [5.74, 6) is -0.353. The largest absolute Gasteiger partial charge is 0.396 e. The molecule has 0 aliphatic heterocycles. The Balaban J connectivity index is 1.59. The van der Waals surface area contributed by atoms with Gasteiger partial charge in [-0.15, -0.1) is 0 Å². The quantitative estimate of drug-likeness (QED) is 0.717. The van der Waals surface area contributed by atoms with Crippen LogP contribution in [-0.2, 0) is 11.3 Å². The molecule has 0 spiro atoms. The monoisotopic (exact) mass is 331 g/mol. The highest BCUT2D eigenvalue weighted by molar-refractivity contribution is 5.77. The summed E-state index contributed by atoms with van der Waals surface area (Å²) < 4.78 is 1.43. The number of amides is 1. The van der Waals surface area contributed by atoms with Gasteiger partial charge in [-0.05, 0) is 25.0 Å². The van der Waals surface area contributed by atoms with Gasteiger partial charge in [0.1, 0.15) is 0 Å². The molecule has 2 aromatic rings. The number of aliphatic hydroxyl groups excluding tert-OH is 2. The maximum absolute atomic E-state index is 12.3. The van der Waals surface area contributed by atoms with Crippen molar-refractivity contribution in [3.05, 3.63) is 40.9 Å². The van der Waals surface area contributed by atoms with Gasteiger partial charge in [-0.1, -0.05) is 12.1 Å². The highest BCUT2D eigenvalue weighted by Gasteiger charge is 2.33. The van der Waals surface area contributed by atoms with Crippen LogP contribution in [0, 0.1) is 5.92 Å². The molecule has 1 aliphatic carbocycles. The molecule has 1 aliphatic rings. The van der Waals surface area contributed by atoms with Gasteiger partial charge in [0.15, 0.2) is 0 Å². The lowest BCUT2D eigenvalue weighted by Crippen LogP contribution is -2.34. The number of benzene rings is 1. The lowest BCUT2D eigenvalue weighted by Gasteiger charge is -2.13. The SMILES string of the molecule is O=C(CCn1cnc2ccccc2c1=O)N[C@@H]1C[C@H](CO)[C@H](O)C1. The highest BCUT2D eigenvalue weighted by atomic mass is 16.3. The molecule has 1 heterocycles.